The van der Waals surface area contributed by atoms with E-state index in [2.05, 4.69) is 19.9 Å². The van der Waals surface area contributed by atoms with Crippen LogP contribution in [0.25, 0.3) is 0 Å². The Morgan fingerprint density at radius 2 is 2.17 bits per heavy atom. The monoisotopic (exact) mass is 341 g/mol. The van der Waals surface area contributed by atoms with Crippen molar-refractivity contribution in [2.24, 2.45) is 0 Å². The van der Waals surface area contributed by atoms with Crippen LogP contribution in [0.1, 0.15) is 29.8 Å². The molecule has 1 aromatic heterocycles. The molecule has 1 aromatic rings. The minimum absolute atomic E-state index is 0.00291. The Kier molecular flexibility index (Phi) is 5.57. The lowest BCUT2D eigenvalue weighted by Crippen LogP contribution is -2.56. The second-order valence-electron chi connectivity index (χ2n) is 6.01. The van der Waals surface area contributed by atoms with E-state index >= 15 is 0 Å². The summed E-state index contributed by atoms with van der Waals surface area (Å²) >= 11 is 0. The van der Waals surface area contributed by atoms with Crippen LogP contribution < -0.4 is 10.1 Å². The second kappa shape index (κ2) is 7.85. The summed E-state index contributed by atoms with van der Waals surface area (Å²) < 4.78 is 34.1. The van der Waals surface area contributed by atoms with Gasteiger partial charge in [0.1, 0.15) is 11.4 Å². The third-order valence-corrected chi connectivity index (χ3v) is 4.45. The second-order valence-corrected chi connectivity index (χ2v) is 6.01. The molecule has 8 heteroatoms. The van der Waals surface area contributed by atoms with Crippen molar-refractivity contribution < 1.29 is 23.0 Å². The summed E-state index contributed by atoms with van der Waals surface area (Å²) in [6.45, 7) is 0.370. The summed E-state index contributed by atoms with van der Waals surface area (Å²) in [6.07, 6.45) is 4.22. The predicted molar refractivity (Wildman–Crippen MR) is 82.2 cm³/mol. The first-order chi connectivity index (χ1) is 11.6. The molecule has 2 atom stereocenters. The van der Waals surface area contributed by atoms with Crippen LogP contribution in [0.3, 0.4) is 0 Å². The Hall–Kier alpha value is -1.80. The number of hydrogen-bond acceptors (Lipinski definition) is 5. The van der Waals surface area contributed by atoms with Gasteiger partial charge < -0.3 is 14.8 Å². The summed E-state index contributed by atoms with van der Waals surface area (Å²) in [4.78, 5) is 18.6. The lowest BCUT2D eigenvalue weighted by Gasteiger charge is -2.37. The number of halogens is 2. The van der Waals surface area contributed by atoms with Crippen LogP contribution in [-0.4, -0.2) is 60.8 Å². The molecule has 132 valence electrons. The van der Waals surface area contributed by atoms with Gasteiger partial charge in [-0.3, -0.25) is 9.69 Å². The number of carbonyl (C=O) groups is 1. The van der Waals surface area contributed by atoms with E-state index < -0.39 is 6.61 Å². The van der Waals surface area contributed by atoms with Gasteiger partial charge in [0.25, 0.3) is 5.91 Å². The van der Waals surface area contributed by atoms with Gasteiger partial charge >= 0.3 is 6.61 Å². The highest BCUT2D eigenvalue weighted by Gasteiger charge is 2.33. The summed E-state index contributed by atoms with van der Waals surface area (Å²) in [5.74, 6) is -0.378. The molecule has 2 aliphatic rings. The van der Waals surface area contributed by atoms with Gasteiger partial charge in [-0.05, 0) is 44.5 Å². The number of rotatable bonds is 5. The first-order valence-electron chi connectivity index (χ1n) is 8.17. The number of pyridine rings is 1. The summed E-state index contributed by atoms with van der Waals surface area (Å²) in [5.41, 5.74) is 0.184. The number of carbonyl (C=O) groups excluding carboxylic acids is 1. The Bertz CT molecular complexity index is 550. The lowest BCUT2D eigenvalue weighted by atomic mass is 10.0. The maximum Gasteiger partial charge on any atom is 0.387 e. The van der Waals surface area contributed by atoms with Crippen LogP contribution in [-0.2, 0) is 4.74 Å². The van der Waals surface area contributed by atoms with Crippen molar-refractivity contribution in [2.75, 3.05) is 26.3 Å². The molecule has 2 fully saturated rings. The molecule has 24 heavy (non-hydrogen) atoms. The smallest absolute Gasteiger partial charge is 0.387 e. The third kappa shape index (κ3) is 4.18. The van der Waals surface area contributed by atoms with Crippen molar-refractivity contribution in [3.8, 4) is 5.75 Å². The van der Waals surface area contributed by atoms with Gasteiger partial charge in [0, 0.05) is 12.6 Å². The molecule has 2 unspecified atom stereocenters. The molecule has 3 heterocycles. The first-order valence-corrected chi connectivity index (χ1v) is 8.17. The van der Waals surface area contributed by atoms with Gasteiger partial charge in [-0.15, -0.1) is 0 Å². The molecule has 1 N–H and O–H groups in total. The molecule has 0 spiro atoms. The normalized spacial score (nSPS) is 25.0. The Labute approximate surface area is 139 Å². The molecule has 0 aromatic carbocycles. The zero-order valence-electron chi connectivity index (χ0n) is 13.3. The Morgan fingerprint density at radius 1 is 1.38 bits per heavy atom. The molecule has 2 saturated heterocycles. The average molecular weight is 341 g/mol. The van der Waals surface area contributed by atoms with E-state index in [-0.39, 0.29) is 29.4 Å². The molecule has 1 amide bonds. The van der Waals surface area contributed by atoms with E-state index in [0.717, 1.165) is 25.7 Å². The van der Waals surface area contributed by atoms with Crippen molar-refractivity contribution in [2.45, 2.75) is 38.0 Å². The number of aromatic nitrogens is 1. The van der Waals surface area contributed by atoms with Crippen LogP contribution in [0.15, 0.2) is 18.3 Å². The lowest BCUT2D eigenvalue weighted by molar-refractivity contribution is -0.0500. The Morgan fingerprint density at radius 3 is 2.83 bits per heavy atom. The summed E-state index contributed by atoms with van der Waals surface area (Å²) in [7, 11) is 0. The summed E-state index contributed by atoms with van der Waals surface area (Å²) in [5, 5.41) is 3.01. The fourth-order valence-electron chi connectivity index (χ4n) is 3.25. The molecular formula is C16H21F2N3O3. The van der Waals surface area contributed by atoms with E-state index in [4.69, 9.17) is 4.74 Å². The van der Waals surface area contributed by atoms with Crippen molar-refractivity contribution in [1.29, 1.82) is 0 Å². The maximum absolute atomic E-state index is 12.4. The van der Waals surface area contributed by atoms with Crippen LogP contribution in [0, 0.1) is 0 Å². The van der Waals surface area contributed by atoms with E-state index in [0.29, 0.717) is 13.2 Å². The van der Waals surface area contributed by atoms with Crippen LogP contribution in [0.4, 0.5) is 8.78 Å². The maximum atomic E-state index is 12.4. The van der Waals surface area contributed by atoms with Gasteiger partial charge in [0.15, 0.2) is 0 Å². The number of nitrogens with zero attached hydrogens (tertiary/aromatic N) is 2. The van der Waals surface area contributed by atoms with Crippen LogP contribution in [0.2, 0.25) is 0 Å². The highest BCUT2D eigenvalue weighted by molar-refractivity contribution is 5.92. The number of amides is 1. The van der Waals surface area contributed by atoms with Gasteiger partial charge in [-0.1, -0.05) is 0 Å². The van der Waals surface area contributed by atoms with E-state index in [1.54, 1.807) is 0 Å². The van der Waals surface area contributed by atoms with Crippen LogP contribution >= 0.6 is 0 Å². The molecular weight excluding hydrogens is 320 g/mol. The quantitative estimate of drug-likeness (QED) is 0.883. The number of alkyl halides is 2. The van der Waals surface area contributed by atoms with E-state index in [1.807, 2.05) is 0 Å². The number of likely N-dealkylation sites (tertiary alicyclic amines) is 1. The van der Waals surface area contributed by atoms with Gasteiger partial charge in [-0.2, -0.15) is 8.78 Å². The fourth-order valence-corrected chi connectivity index (χ4v) is 3.25. The molecule has 0 bridgehead atoms. The topological polar surface area (TPSA) is 63.7 Å². The average Bonchev–Trinajstić information content (AvgIpc) is 3.10. The Balaban J connectivity index is 1.61. The zero-order chi connectivity index (χ0) is 16.9. The molecule has 2 aliphatic heterocycles. The fraction of sp³-hybridized carbons (Fsp3) is 0.625. The number of hydrogen-bond donors (Lipinski definition) is 1. The highest BCUT2D eigenvalue weighted by atomic mass is 19.3. The first kappa shape index (κ1) is 17.0. The van der Waals surface area contributed by atoms with Crippen molar-refractivity contribution in [3.05, 3.63) is 24.0 Å². The third-order valence-electron chi connectivity index (χ3n) is 4.45. The van der Waals surface area contributed by atoms with Crippen molar-refractivity contribution >= 4 is 5.91 Å². The van der Waals surface area contributed by atoms with Gasteiger partial charge in [0.05, 0.1) is 18.8 Å². The molecule has 0 radical (unpaired) electrons. The standard InChI is InChI=1S/C16H21F2N3O3/c17-16(18)24-11-3-4-13(19-9-11)15(22)20-12-5-8-23-10-14(12)21-6-1-2-7-21/h3-4,9,12,14,16H,1-2,5-8,10H2,(H,20,22). The van der Waals surface area contributed by atoms with Crippen molar-refractivity contribution in [1.82, 2.24) is 15.2 Å². The zero-order valence-corrected chi connectivity index (χ0v) is 13.3. The molecule has 3 rings (SSSR count). The van der Waals surface area contributed by atoms with E-state index in [9.17, 15) is 13.6 Å². The molecule has 0 saturated carbocycles. The largest absolute Gasteiger partial charge is 0.433 e. The highest BCUT2D eigenvalue weighted by Crippen LogP contribution is 2.20. The van der Waals surface area contributed by atoms with Gasteiger partial charge in [0.2, 0.25) is 0 Å². The number of ether oxygens (including phenoxy) is 2. The molecule has 0 aliphatic carbocycles. The van der Waals surface area contributed by atoms with Crippen LogP contribution in [0.5, 0.6) is 5.75 Å². The van der Waals surface area contributed by atoms with E-state index in [1.165, 1.54) is 25.0 Å². The number of nitrogens with one attached hydrogen (secondary N) is 1. The summed E-state index contributed by atoms with van der Waals surface area (Å²) in [6, 6.07) is 2.88. The SMILES string of the molecule is O=C(NC1CCOCC1N1CCCC1)c1ccc(OC(F)F)cn1. The van der Waals surface area contributed by atoms with Gasteiger partial charge in [-0.25, -0.2) is 4.98 Å². The minimum atomic E-state index is -2.91. The molecule has 6 nitrogen and oxygen atoms in total. The minimum Gasteiger partial charge on any atom is -0.433 e. The van der Waals surface area contributed by atoms with Crippen molar-refractivity contribution in [3.63, 3.8) is 0 Å². The predicted octanol–water partition coefficient (Wildman–Crippen LogP) is 1.67.